The zero-order valence-electron chi connectivity index (χ0n) is 9.91. The van der Waals surface area contributed by atoms with Gasteiger partial charge in [0.05, 0.1) is 0 Å². The Hall–Kier alpha value is -0.340. The van der Waals surface area contributed by atoms with Crippen LogP contribution in [0.5, 0.6) is 0 Å². The van der Waals surface area contributed by atoms with Crippen molar-refractivity contribution in [1.29, 1.82) is 0 Å². The van der Waals surface area contributed by atoms with Crippen LogP contribution in [0.15, 0.2) is 12.7 Å². The van der Waals surface area contributed by atoms with E-state index in [0.29, 0.717) is 0 Å². The Morgan fingerprint density at radius 1 is 1.33 bits per heavy atom. The van der Waals surface area contributed by atoms with Gasteiger partial charge < -0.3 is 5.32 Å². The van der Waals surface area contributed by atoms with Crippen molar-refractivity contribution in [3.05, 3.63) is 12.7 Å². The lowest BCUT2D eigenvalue weighted by Gasteiger charge is -2.38. The van der Waals surface area contributed by atoms with Gasteiger partial charge >= 0.3 is 0 Å². The third kappa shape index (κ3) is 2.43. The van der Waals surface area contributed by atoms with E-state index in [1.54, 1.807) is 0 Å². The zero-order valence-corrected chi connectivity index (χ0v) is 9.91. The van der Waals surface area contributed by atoms with E-state index < -0.39 is 0 Å². The molecule has 2 unspecified atom stereocenters. The largest absolute Gasteiger partial charge is 0.314 e. The normalized spacial score (nSPS) is 35.7. The summed E-state index contributed by atoms with van der Waals surface area (Å²) in [6, 6.07) is 2.44. The van der Waals surface area contributed by atoms with Crippen molar-refractivity contribution in [2.24, 2.45) is 0 Å². The third-order valence-electron chi connectivity index (χ3n) is 3.91. The van der Waals surface area contributed by atoms with Crippen LogP contribution in [0.25, 0.3) is 0 Å². The first kappa shape index (κ1) is 11.2. The van der Waals surface area contributed by atoms with Crippen molar-refractivity contribution in [1.82, 2.24) is 10.2 Å². The monoisotopic (exact) mass is 208 g/mol. The number of piperidine rings is 1. The molecule has 2 aliphatic heterocycles. The molecule has 2 bridgehead atoms. The van der Waals surface area contributed by atoms with E-state index >= 15 is 0 Å². The second kappa shape index (κ2) is 5.13. The van der Waals surface area contributed by atoms with Crippen molar-refractivity contribution >= 4 is 0 Å². The summed E-state index contributed by atoms with van der Waals surface area (Å²) in [5.41, 5.74) is 0. The standard InChI is InChI=1S/C13H24N2/c1-3-7-14-11-9-12-5-6-13(10-11)15(12)8-4-2/h4,11-14H,2-3,5-10H2,1H3. The molecule has 0 amide bonds. The molecule has 0 aromatic carbocycles. The molecule has 0 spiro atoms. The van der Waals surface area contributed by atoms with Crippen LogP contribution in [0, 0.1) is 0 Å². The predicted octanol–water partition coefficient (Wildman–Crippen LogP) is 2.17. The molecule has 2 atom stereocenters. The molecule has 0 aliphatic carbocycles. The van der Waals surface area contributed by atoms with Crippen LogP contribution >= 0.6 is 0 Å². The molecule has 0 saturated carbocycles. The maximum Gasteiger partial charge on any atom is 0.0166 e. The molecular weight excluding hydrogens is 184 g/mol. The summed E-state index contributed by atoms with van der Waals surface area (Å²) in [5.74, 6) is 0. The molecule has 2 rings (SSSR count). The number of hydrogen-bond acceptors (Lipinski definition) is 2. The van der Waals surface area contributed by atoms with Gasteiger partial charge in [-0.05, 0) is 38.6 Å². The lowest BCUT2D eigenvalue weighted by molar-refractivity contribution is 0.131. The molecule has 2 heterocycles. The highest BCUT2D eigenvalue weighted by Gasteiger charge is 2.39. The van der Waals surface area contributed by atoms with Crippen molar-refractivity contribution in [3.63, 3.8) is 0 Å². The molecule has 1 N–H and O–H groups in total. The minimum Gasteiger partial charge on any atom is -0.314 e. The van der Waals surface area contributed by atoms with Gasteiger partial charge in [-0.25, -0.2) is 0 Å². The SMILES string of the molecule is C=CCN1C2CCC1CC(NCCC)C2. The summed E-state index contributed by atoms with van der Waals surface area (Å²) >= 11 is 0. The van der Waals surface area contributed by atoms with Crippen LogP contribution in [-0.2, 0) is 0 Å². The fraction of sp³-hybridized carbons (Fsp3) is 0.846. The minimum absolute atomic E-state index is 0.781. The van der Waals surface area contributed by atoms with Crippen molar-refractivity contribution in [2.75, 3.05) is 13.1 Å². The molecule has 86 valence electrons. The molecule has 2 nitrogen and oxygen atoms in total. The smallest absolute Gasteiger partial charge is 0.0166 e. The fourth-order valence-electron chi connectivity index (χ4n) is 3.24. The first-order valence-corrected chi connectivity index (χ1v) is 6.45. The third-order valence-corrected chi connectivity index (χ3v) is 3.91. The predicted molar refractivity (Wildman–Crippen MR) is 65.0 cm³/mol. The average Bonchev–Trinajstić information content (AvgIpc) is 2.51. The van der Waals surface area contributed by atoms with Gasteiger partial charge in [-0.15, -0.1) is 6.58 Å². The van der Waals surface area contributed by atoms with Crippen LogP contribution in [-0.4, -0.2) is 36.1 Å². The first-order chi connectivity index (χ1) is 7.35. The fourth-order valence-corrected chi connectivity index (χ4v) is 3.24. The Balaban J connectivity index is 1.87. The highest BCUT2D eigenvalue weighted by Crippen LogP contribution is 2.35. The highest BCUT2D eigenvalue weighted by atomic mass is 15.2. The summed E-state index contributed by atoms with van der Waals surface area (Å²) in [4.78, 5) is 2.66. The highest BCUT2D eigenvalue weighted by molar-refractivity contribution is 4.99. The minimum atomic E-state index is 0.781. The molecule has 15 heavy (non-hydrogen) atoms. The van der Waals surface area contributed by atoms with E-state index in [9.17, 15) is 0 Å². The topological polar surface area (TPSA) is 15.3 Å². The average molecular weight is 208 g/mol. The lowest BCUT2D eigenvalue weighted by Crippen LogP contribution is -2.49. The molecule has 2 saturated heterocycles. The zero-order chi connectivity index (χ0) is 10.7. The van der Waals surface area contributed by atoms with Crippen LogP contribution in [0.3, 0.4) is 0 Å². The molecule has 2 aliphatic rings. The lowest BCUT2D eigenvalue weighted by atomic mass is 9.97. The van der Waals surface area contributed by atoms with Crippen LogP contribution in [0.2, 0.25) is 0 Å². The van der Waals surface area contributed by atoms with E-state index in [2.05, 4.69) is 29.8 Å². The summed E-state index contributed by atoms with van der Waals surface area (Å²) in [5, 5.41) is 3.68. The Labute approximate surface area is 93.7 Å². The summed E-state index contributed by atoms with van der Waals surface area (Å²) in [6.45, 7) is 8.39. The Morgan fingerprint density at radius 2 is 2.00 bits per heavy atom. The van der Waals surface area contributed by atoms with E-state index in [1.165, 1.54) is 38.6 Å². The molecule has 0 aromatic heterocycles. The van der Waals surface area contributed by atoms with Crippen LogP contribution < -0.4 is 5.32 Å². The maximum absolute atomic E-state index is 3.86. The van der Waals surface area contributed by atoms with Gasteiger partial charge in [0.15, 0.2) is 0 Å². The summed E-state index contributed by atoms with van der Waals surface area (Å²) in [6.07, 6.45) is 8.83. The number of hydrogen-bond donors (Lipinski definition) is 1. The second-order valence-corrected chi connectivity index (χ2v) is 4.99. The quantitative estimate of drug-likeness (QED) is 0.697. The number of nitrogens with one attached hydrogen (secondary N) is 1. The van der Waals surface area contributed by atoms with Crippen LogP contribution in [0.1, 0.15) is 39.0 Å². The Kier molecular flexibility index (Phi) is 3.81. The van der Waals surface area contributed by atoms with Gasteiger partial charge in [0, 0.05) is 24.7 Å². The van der Waals surface area contributed by atoms with Gasteiger partial charge in [-0.2, -0.15) is 0 Å². The van der Waals surface area contributed by atoms with Crippen molar-refractivity contribution in [2.45, 2.75) is 57.2 Å². The Morgan fingerprint density at radius 3 is 2.53 bits per heavy atom. The summed E-state index contributed by atoms with van der Waals surface area (Å²) < 4.78 is 0. The molecular formula is C13H24N2. The van der Waals surface area contributed by atoms with Gasteiger partial charge in [-0.1, -0.05) is 13.0 Å². The van der Waals surface area contributed by atoms with Gasteiger partial charge in [0.25, 0.3) is 0 Å². The molecule has 2 heteroatoms. The summed E-state index contributed by atoms with van der Waals surface area (Å²) in [7, 11) is 0. The van der Waals surface area contributed by atoms with E-state index in [-0.39, 0.29) is 0 Å². The van der Waals surface area contributed by atoms with Crippen LogP contribution in [0.4, 0.5) is 0 Å². The molecule has 2 fully saturated rings. The van der Waals surface area contributed by atoms with E-state index in [0.717, 1.165) is 24.7 Å². The van der Waals surface area contributed by atoms with Gasteiger partial charge in [0.1, 0.15) is 0 Å². The Bertz CT molecular complexity index is 201. The number of rotatable bonds is 5. The molecule has 0 aromatic rings. The number of fused-ring (bicyclic) bond motifs is 2. The maximum atomic E-state index is 3.86. The number of nitrogens with zero attached hydrogens (tertiary/aromatic N) is 1. The van der Waals surface area contributed by atoms with Gasteiger partial charge in [-0.3, -0.25) is 4.90 Å². The van der Waals surface area contributed by atoms with E-state index in [1.807, 2.05) is 0 Å². The molecule has 0 radical (unpaired) electrons. The first-order valence-electron chi connectivity index (χ1n) is 6.45. The van der Waals surface area contributed by atoms with Gasteiger partial charge in [0.2, 0.25) is 0 Å². The van der Waals surface area contributed by atoms with Crippen molar-refractivity contribution < 1.29 is 0 Å². The van der Waals surface area contributed by atoms with E-state index in [4.69, 9.17) is 0 Å². The second-order valence-electron chi connectivity index (χ2n) is 4.99. The van der Waals surface area contributed by atoms with Crippen molar-refractivity contribution in [3.8, 4) is 0 Å².